The highest BCUT2D eigenvalue weighted by Gasteiger charge is 2.03. The molecule has 2 heteroatoms. The molecule has 1 aromatic heterocycles. The number of benzene rings is 1. The molecule has 1 nitrogen and oxygen atoms in total. The van der Waals surface area contributed by atoms with Gasteiger partial charge in [-0.2, -0.15) is 0 Å². The molecule has 0 fully saturated rings. The van der Waals surface area contributed by atoms with E-state index in [1.807, 2.05) is 6.07 Å². The Bertz CT molecular complexity index is 534. The highest BCUT2D eigenvalue weighted by molar-refractivity contribution is 6.29. The molecule has 0 radical (unpaired) electrons. The zero-order chi connectivity index (χ0) is 13.0. The maximum Gasteiger partial charge on any atom is 0.130 e. The Hall–Kier alpha value is -1.08. The first-order valence-corrected chi connectivity index (χ1v) is 7.14. The molecular formula is C16H20ClN. The standard InChI is InChI=1S/C16H20ClN/c1-3-4-5-6-7-13-8-9-15-14(11-13)12(2)10-16(17)18-15/h8-11H,3-7H2,1-2H3. The summed E-state index contributed by atoms with van der Waals surface area (Å²) in [6.45, 7) is 4.34. The van der Waals surface area contributed by atoms with Gasteiger partial charge in [-0.15, -0.1) is 0 Å². The largest absolute Gasteiger partial charge is 0.236 e. The van der Waals surface area contributed by atoms with Gasteiger partial charge in [-0.05, 0) is 49.1 Å². The summed E-state index contributed by atoms with van der Waals surface area (Å²) in [6.07, 6.45) is 6.40. The summed E-state index contributed by atoms with van der Waals surface area (Å²) in [5.41, 5.74) is 3.61. The molecule has 2 aromatic rings. The van der Waals surface area contributed by atoms with Gasteiger partial charge in [0.05, 0.1) is 5.52 Å². The lowest BCUT2D eigenvalue weighted by atomic mass is 10.0. The molecule has 0 aliphatic heterocycles. The lowest BCUT2D eigenvalue weighted by molar-refractivity contribution is 0.667. The Morgan fingerprint density at radius 2 is 1.94 bits per heavy atom. The SMILES string of the molecule is CCCCCCc1ccc2nc(Cl)cc(C)c2c1. The molecule has 1 heterocycles. The first-order valence-electron chi connectivity index (χ1n) is 6.76. The van der Waals surface area contributed by atoms with Gasteiger partial charge in [-0.1, -0.05) is 43.9 Å². The molecule has 0 spiro atoms. The lowest BCUT2D eigenvalue weighted by Crippen LogP contribution is -1.89. The number of nitrogens with zero attached hydrogens (tertiary/aromatic N) is 1. The number of aryl methyl sites for hydroxylation is 2. The van der Waals surface area contributed by atoms with Crippen molar-refractivity contribution >= 4 is 22.5 Å². The summed E-state index contributed by atoms with van der Waals surface area (Å²) >= 11 is 5.97. The number of fused-ring (bicyclic) bond motifs is 1. The van der Waals surface area contributed by atoms with E-state index in [0.717, 1.165) is 11.9 Å². The van der Waals surface area contributed by atoms with Gasteiger partial charge in [0.1, 0.15) is 5.15 Å². The van der Waals surface area contributed by atoms with Gasteiger partial charge < -0.3 is 0 Å². The van der Waals surface area contributed by atoms with E-state index >= 15 is 0 Å². The van der Waals surface area contributed by atoms with Crippen LogP contribution in [0.25, 0.3) is 10.9 Å². The summed E-state index contributed by atoms with van der Waals surface area (Å²) in [6, 6.07) is 8.46. The predicted molar refractivity (Wildman–Crippen MR) is 79.3 cm³/mol. The van der Waals surface area contributed by atoms with Crippen molar-refractivity contribution in [2.24, 2.45) is 0 Å². The molecule has 0 atom stereocenters. The van der Waals surface area contributed by atoms with Crippen LogP contribution in [0.2, 0.25) is 5.15 Å². The molecule has 18 heavy (non-hydrogen) atoms. The van der Waals surface area contributed by atoms with Crippen LogP contribution in [0.3, 0.4) is 0 Å². The molecule has 0 bridgehead atoms. The van der Waals surface area contributed by atoms with E-state index in [2.05, 4.69) is 37.0 Å². The van der Waals surface area contributed by atoms with Crippen LogP contribution in [-0.2, 0) is 6.42 Å². The smallest absolute Gasteiger partial charge is 0.130 e. The summed E-state index contributed by atoms with van der Waals surface area (Å²) in [7, 11) is 0. The van der Waals surface area contributed by atoms with Crippen molar-refractivity contribution < 1.29 is 0 Å². The first kappa shape index (κ1) is 13.4. The Morgan fingerprint density at radius 1 is 1.11 bits per heavy atom. The number of aromatic nitrogens is 1. The third-order valence-electron chi connectivity index (χ3n) is 3.37. The molecule has 0 aliphatic carbocycles. The van der Waals surface area contributed by atoms with Gasteiger partial charge in [0.25, 0.3) is 0 Å². The van der Waals surface area contributed by atoms with Gasteiger partial charge in [0.15, 0.2) is 0 Å². The first-order chi connectivity index (χ1) is 8.70. The van der Waals surface area contributed by atoms with Crippen molar-refractivity contribution in [1.29, 1.82) is 0 Å². The fraction of sp³-hybridized carbons (Fsp3) is 0.438. The minimum absolute atomic E-state index is 0.579. The lowest BCUT2D eigenvalue weighted by Gasteiger charge is -2.06. The molecular weight excluding hydrogens is 242 g/mol. The predicted octanol–water partition coefficient (Wildman–Crippen LogP) is 5.32. The highest BCUT2D eigenvalue weighted by Crippen LogP contribution is 2.22. The summed E-state index contributed by atoms with van der Waals surface area (Å²) in [5.74, 6) is 0. The monoisotopic (exact) mass is 261 g/mol. The Morgan fingerprint density at radius 3 is 2.72 bits per heavy atom. The average Bonchev–Trinajstić information content (AvgIpc) is 2.35. The van der Waals surface area contributed by atoms with Crippen molar-refractivity contribution in [2.45, 2.75) is 46.0 Å². The molecule has 0 amide bonds. The van der Waals surface area contributed by atoms with E-state index in [1.165, 1.54) is 42.2 Å². The maximum absolute atomic E-state index is 5.97. The minimum Gasteiger partial charge on any atom is -0.236 e. The number of halogens is 1. The van der Waals surface area contributed by atoms with Crippen LogP contribution >= 0.6 is 11.6 Å². The average molecular weight is 262 g/mol. The van der Waals surface area contributed by atoms with E-state index in [0.29, 0.717) is 5.15 Å². The quantitative estimate of drug-likeness (QED) is 0.524. The van der Waals surface area contributed by atoms with Crippen molar-refractivity contribution in [3.63, 3.8) is 0 Å². The van der Waals surface area contributed by atoms with Crippen LogP contribution in [0, 0.1) is 6.92 Å². The van der Waals surface area contributed by atoms with Gasteiger partial charge in [0.2, 0.25) is 0 Å². The Labute approximate surface area is 114 Å². The van der Waals surface area contributed by atoms with Crippen molar-refractivity contribution in [3.05, 3.63) is 40.5 Å². The van der Waals surface area contributed by atoms with E-state index in [9.17, 15) is 0 Å². The summed E-state index contributed by atoms with van der Waals surface area (Å²) in [4.78, 5) is 4.35. The third-order valence-corrected chi connectivity index (χ3v) is 3.56. The molecule has 0 aliphatic rings. The molecule has 0 saturated heterocycles. The van der Waals surface area contributed by atoms with E-state index in [4.69, 9.17) is 11.6 Å². The Kier molecular flexibility index (Phi) is 4.60. The van der Waals surface area contributed by atoms with E-state index in [1.54, 1.807) is 0 Å². The van der Waals surface area contributed by atoms with Gasteiger partial charge in [0, 0.05) is 5.39 Å². The maximum atomic E-state index is 5.97. The highest BCUT2D eigenvalue weighted by atomic mass is 35.5. The number of hydrogen-bond donors (Lipinski definition) is 0. The van der Waals surface area contributed by atoms with Crippen LogP contribution in [-0.4, -0.2) is 4.98 Å². The van der Waals surface area contributed by atoms with E-state index < -0.39 is 0 Å². The fourth-order valence-corrected chi connectivity index (χ4v) is 2.57. The third kappa shape index (κ3) is 3.23. The van der Waals surface area contributed by atoms with Gasteiger partial charge in [-0.25, -0.2) is 4.98 Å². The molecule has 0 N–H and O–H groups in total. The molecule has 96 valence electrons. The van der Waals surface area contributed by atoms with Crippen LogP contribution in [0.4, 0.5) is 0 Å². The second-order valence-electron chi connectivity index (χ2n) is 4.92. The number of unbranched alkanes of at least 4 members (excludes halogenated alkanes) is 3. The number of hydrogen-bond acceptors (Lipinski definition) is 1. The molecule has 0 unspecified atom stereocenters. The van der Waals surface area contributed by atoms with Crippen LogP contribution < -0.4 is 0 Å². The topological polar surface area (TPSA) is 12.9 Å². The summed E-state index contributed by atoms with van der Waals surface area (Å²) in [5, 5.41) is 1.81. The van der Waals surface area contributed by atoms with Crippen LogP contribution in [0.15, 0.2) is 24.3 Å². The van der Waals surface area contributed by atoms with Crippen LogP contribution in [0.1, 0.15) is 43.7 Å². The fourth-order valence-electron chi connectivity index (χ4n) is 2.31. The van der Waals surface area contributed by atoms with Gasteiger partial charge >= 0.3 is 0 Å². The second kappa shape index (κ2) is 6.19. The Balaban J connectivity index is 2.17. The second-order valence-corrected chi connectivity index (χ2v) is 5.31. The number of pyridine rings is 1. The van der Waals surface area contributed by atoms with Crippen molar-refractivity contribution in [3.8, 4) is 0 Å². The minimum atomic E-state index is 0.579. The van der Waals surface area contributed by atoms with Crippen molar-refractivity contribution in [2.75, 3.05) is 0 Å². The van der Waals surface area contributed by atoms with Gasteiger partial charge in [-0.3, -0.25) is 0 Å². The zero-order valence-electron chi connectivity index (χ0n) is 11.2. The van der Waals surface area contributed by atoms with Crippen LogP contribution in [0.5, 0.6) is 0 Å². The molecule has 2 rings (SSSR count). The number of rotatable bonds is 5. The zero-order valence-corrected chi connectivity index (χ0v) is 11.9. The van der Waals surface area contributed by atoms with Crippen molar-refractivity contribution in [1.82, 2.24) is 4.98 Å². The summed E-state index contributed by atoms with van der Waals surface area (Å²) < 4.78 is 0. The van der Waals surface area contributed by atoms with E-state index in [-0.39, 0.29) is 0 Å². The molecule has 1 aromatic carbocycles. The molecule has 0 saturated carbocycles. The normalized spacial score (nSPS) is 11.1.